The summed E-state index contributed by atoms with van der Waals surface area (Å²) in [5, 5.41) is 6.47. The monoisotopic (exact) mass is 289 g/mol. The van der Waals surface area contributed by atoms with Crippen LogP contribution < -0.4 is 5.32 Å². The lowest BCUT2D eigenvalue weighted by Gasteiger charge is -2.37. The summed E-state index contributed by atoms with van der Waals surface area (Å²) in [6.45, 7) is 10.2. The molecule has 1 rings (SSSR count). The summed E-state index contributed by atoms with van der Waals surface area (Å²) in [6, 6.07) is 2.12. The summed E-state index contributed by atoms with van der Waals surface area (Å²) in [5.41, 5.74) is -0.210. The molecule has 0 aliphatic rings. The van der Waals surface area contributed by atoms with Gasteiger partial charge in [-0.15, -0.1) is 11.3 Å². The predicted octanol–water partition coefficient (Wildman–Crippen LogP) is 4.65. The Labute approximate surface area is 120 Å². The van der Waals surface area contributed by atoms with Gasteiger partial charge in [0.15, 0.2) is 0 Å². The van der Waals surface area contributed by atoms with Crippen LogP contribution in [0.25, 0.3) is 0 Å². The van der Waals surface area contributed by atoms with Gasteiger partial charge in [0.05, 0.1) is 16.7 Å². The van der Waals surface area contributed by atoms with Gasteiger partial charge in [0.1, 0.15) is 0 Å². The van der Waals surface area contributed by atoms with E-state index in [2.05, 4.69) is 26.1 Å². The van der Waals surface area contributed by atoms with Crippen LogP contribution in [0.1, 0.15) is 51.5 Å². The van der Waals surface area contributed by atoms with Crippen molar-refractivity contribution < 1.29 is 4.74 Å². The normalized spacial score (nSPS) is 16.5. The van der Waals surface area contributed by atoms with Gasteiger partial charge in [-0.1, -0.05) is 25.4 Å². The summed E-state index contributed by atoms with van der Waals surface area (Å²) in [5.74, 6) is 0. The zero-order valence-corrected chi connectivity index (χ0v) is 13.3. The predicted molar refractivity (Wildman–Crippen MR) is 80.7 cm³/mol. The smallest absolute Gasteiger partial charge is 0.0854 e. The Kier molecular flexibility index (Phi) is 6.64. The summed E-state index contributed by atoms with van der Waals surface area (Å²) in [4.78, 5) is 1.18. The molecule has 0 aliphatic heterocycles. The Morgan fingerprint density at radius 3 is 2.61 bits per heavy atom. The van der Waals surface area contributed by atoms with Crippen molar-refractivity contribution >= 4 is 22.9 Å². The molecule has 0 saturated carbocycles. The average molecular weight is 290 g/mol. The fourth-order valence-corrected chi connectivity index (χ4v) is 3.49. The molecule has 18 heavy (non-hydrogen) atoms. The molecular formula is C14H24ClNOS. The molecule has 0 fully saturated rings. The van der Waals surface area contributed by atoms with Crippen LogP contribution in [0.15, 0.2) is 11.4 Å². The second-order valence-corrected chi connectivity index (χ2v) is 5.97. The topological polar surface area (TPSA) is 21.3 Å². The van der Waals surface area contributed by atoms with Gasteiger partial charge < -0.3 is 10.1 Å². The number of hydrogen-bond acceptors (Lipinski definition) is 3. The van der Waals surface area contributed by atoms with E-state index in [9.17, 15) is 0 Å². The van der Waals surface area contributed by atoms with Crippen LogP contribution >= 0.6 is 22.9 Å². The van der Waals surface area contributed by atoms with Gasteiger partial charge in [0.2, 0.25) is 0 Å². The number of rotatable bonds is 8. The first kappa shape index (κ1) is 16.0. The third-order valence-electron chi connectivity index (χ3n) is 3.29. The molecule has 2 atom stereocenters. The van der Waals surface area contributed by atoms with Gasteiger partial charge in [-0.3, -0.25) is 0 Å². The Balaban J connectivity index is 3.00. The van der Waals surface area contributed by atoms with E-state index in [1.165, 1.54) is 4.88 Å². The van der Waals surface area contributed by atoms with E-state index < -0.39 is 0 Å². The van der Waals surface area contributed by atoms with Gasteiger partial charge in [0.25, 0.3) is 0 Å². The molecule has 0 aromatic carbocycles. The largest absolute Gasteiger partial charge is 0.374 e. The van der Waals surface area contributed by atoms with Crippen molar-refractivity contribution in [3.8, 4) is 0 Å². The van der Waals surface area contributed by atoms with Crippen molar-refractivity contribution in [2.24, 2.45) is 0 Å². The Bertz CT molecular complexity index is 355. The van der Waals surface area contributed by atoms with Crippen LogP contribution in [0.3, 0.4) is 0 Å². The molecule has 0 bridgehead atoms. The van der Waals surface area contributed by atoms with Crippen molar-refractivity contribution in [3.05, 3.63) is 21.3 Å². The minimum atomic E-state index is -0.210. The maximum atomic E-state index is 6.29. The minimum absolute atomic E-state index is 0.162. The zero-order chi connectivity index (χ0) is 13.6. The first-order chi connectivity index (χ1) is 8.59. The van der Waals surface area contributed by atoms with Gasteiger partial charge >= 0.3 is 0 Å². The second kappa shape index (κ2) is 7.49. The van der Waals surface area contributed by atoms with E-state index in [0.29, 0.717) is 0 Å². The van der Waals surface area contributed by atoms with Crippen molar-refractivity contribution in [2.75, 3.05) is 13.2 Å². The van der Waals surface area contributed by atoms with Crippen molar-refractivity contribution in [2.45, 2.75) is 52.2 Å². The van der Waals surface area contributed by atoms with E-state index in [0.717, 1.165) is 31.0 Å². The van der Waals surface area contributed by atoms with Crippen LogP contribution in [0.5, 0.6) is 0 Å². The Morgan fingerprint density at radius 2 is 2.17 bits per heavy atom. The maximum Gasteiger partial charge on any atom is 0.0854 e. The Morgan fingerprint density at radius 1 is 1.44 bits per heavy atom. The summed E-state index contributed by atoms with van der Waals surface area (Å²) in [7, 11) is 0. The lowest BCUT2D eigenvalue weighted by molar-refractivity contribution is -0.0554. The number of thiophene rings is 1. The molecule has 4 heteroatoms. The van der Waals surface area contributed by atoms with Crippen molar-refractivity contribution in [1.29, 1.82) is 0 Å². The number of nitrogens with one attached hydrogen (secondary N) is 1. The molecule has 1 aromatic heterocycles. The first-order valence-electron chi connectivity index (χ1n) is 6.69. The summed E-state index contributed by atoms with van der Waals surface area (Å²) >= 11 is 7.99. The summed E-state index contributed by atoms with van der Waals surface area (Å²) < 4.78 is 6.00. The highest BCUT2D eigenvalue weighted by Gasteiger charge is 2.35. The molecule has 0 amide bonds. The van der Waals surface area contributed by atoms with E-state index in [1.807, 2.05) is 18.4 Å². The highest BCUT2D eigenvalue weighted by atomic mass is 35.5. The molecule has 0 aliphatic carbocycles. The van der Waals surface area contributed by atoms with Gasteiger partial charge in [0, 0.05) is 11.5 Å². The van der Waals surface area contributed by atoms with Crippen molar-refractivity contribution in [1.82, 2.24) is 5.32 Å². The summed E-state index contributed by atoms with van der Waals surface area (Å²) in [6.07, 6.45) is 2.06. The quantitative estimate of drug-likeness (QED) is 0.752. The Hall–Kier alpha value is -0.0900. The zero-order valence-electron chi connectivity index (χ0n) is 11.8. The molecule has 104 valence electrons. The number of hydrogen-bond donors (Lipinski definition) is 1. The molecule has 1 N–H and O–H groups in total. The van der Waals surface area contributed by atoms with Gasteiger partial charge in [-0.25, -0.2) is 0 Å². The van der Waals surface area contributed by atoms with Crippen LogP contribution in [0, 0.1) is 0 Å². The second-order valence-electron chi connectivity index (χ2n) is 4.62. The molecular weight excluding hydrogens is 266 g/mol. The van der Waals surface area contributed by atoms with Crippen LogP contribution in [-0.2, 0) is 4.74 Å². The maximum absolute atomic E-state index is 6.29. The van der Waals surface area contributed by atoms with Crippen LogP contribution in [-0.4, -0.2) is 18.8 Å². The molecule has 2 nitrogen and oxygen atoms in total. The minimum Gasteiger partial charge on any atom is -0.374 e. The van der Waals surface area contributed by atoms with E-state index in [-0.39, 0.29) is 11.6 Å². The fraction of sp³-hybridized carbons (Fsp3) is 0.714. The van der Waals surface area contributed by atoms with Gasteiger partial charge in [-0.05, 0) is 44.7 Å². The van der Waals surface area contributed by atoms with Gasteiger partial charge in [-0.2, -0.15) is 0 Å². The molecule has 2 unspecified atom stereocenters. The van der Waals surface area contributed by atoms with Crippen LogP contribution in [0.2, 0.25) is 5.02 Å². The van der Waals surface area contributed by atoms with E-state index >= 15 is 0 Å². The third kappa shape index (κ3) is 3.70. The average Bonchev–Trinajstić information content (AvgIpc) is 2.76. The molecule has 0 spiro atoms. The number of halogens is 1. The molecule has 0 saturated heterocycles. The van der Waals surface area contributed by atoms with E-state index in [4.69, 9.17) is 16.3 Å². The highest BCUT2D eigenvalue weighted by molar-refractivity contribution is 7.10. The first-order valence-corrected chi connectivity index (χ1v) is 7.95. The lowest BCUT2D eigenvalue weighted by Crippen LogP contribution is -2.43. The van der Waals surface area contributed by atoms with E-state index in [1.54, 1.807) is 11.3 Å². The third-order valence-corrected chi connectivity index (χ3v) is 4.72. The number of ether oxygens (including phenoxy) is 1. The fourth-order valence-electron chi connectivity index (χ4n) is 2.11. The molecule has 1 aromatic rings. The standard InChI is InChI=1S/C14H24ClNOS/c1-5-9-16-13(12-11(15)8-10-18-12)14(4,6-2)17-7-3/h8,10,13,16H,5-7,9H2,1-4H3. The van der Waals surface area contributed by atoms with Crippen LogP contribution in [0.4, 0.5) is 0 Å². The molecule has 1 heterocycles. The SMILES string of the molecule is CCCNC(c1sccc1Cl)C(C)(CC)OCC. The lowest BCUT2D eigenvalue weighted by atomic mass is 9.91. The molecule has 0 radical (unpaired) electrons. The van der Waals surface area contributed by atoms with Crippen molar-refractivity contribution in [3.63, 3.8) is 0 Å². The highest BCUT2D eigenvalue weighted by Crippen LogP contribution is 2.38.